The first-order chi connectivity index (χ1) is 18.0. The molecule has 0 radical (unpaired) electrons. The average molecular weight is 508 g/mol. The lowest BCUT2D eigenvalue weighted by atomic mass is 9.83. The summed E-state index contributed by atoms with van der Waals surface area (Å²) < 4.78 is 40.8. The molecule has 0 saturated carbocycles. The molecule has 1 unspecified atom stereocenters. The fourth-order valence-electron chi connectivity index (χ4n) is 5.82. The van der Waals surface area contributed by atoms with Crippen LogP contribution in [0.25, 0.3) is 0 Å². The van der Waals surface area contributed by atoms with Crippen molar-refractivity contribution in [2.24, 2.45) is 5.92 Å². The van der Waals surface area contributed by atoms with Crippen LogP contribution in [-0.2, 0) is 17.7 Å². The number of methoxy groups -OCH3 is 1. The van der Waals surface area contributed by atoms with Gasteiger partial charge in [0.25, 0.3) is 0 Å². The van der Waals surface area contributed by atoms with E-state index in [1.807, 2.05) is 18.2 Å². The summed E-state index contributed by atoms with van der Waals surface area (Å²) in [7, 11) is 1.69. The smallest absolute Gasteiger partial charge is 0.415 e. The van der Waals surface area contributed by atoms with E-state index < -0.39 is 11.9 Å². The van der Waals surface area contributed by atoms with Gasteiger partial charge in [0.1, 0.15) is 23.9 Å². The van der Waals surface area contributed by atoms with Crippen molar-refractivity contribution in [1.82, 2.24) is 0 Å². The molecule has 6 rings (SSSR count). The number of amides is 1. The summed E-state index contributed by atoms with van der Waals surface area (Å²) in [5.41, 5.74) is 2.03. The van der Waals surface area contributed by atoms with Gasteiger partial charge in [-0.05, 0) is 41.5 Å². The van der Waals surface area contributed by atoms with Crippen molar-refractivity contribution >= 4 is 11.8 Å². The van der Waals surface area contributed by atoms with Crippen LogP contribution in [0.1, 0.15) is 24.0 Å². The van der Waals surface area contributed by atoms with E-state index in [4.69, 9.17) is 9.47 Å². The molecule has 0 N–H and O–H groups in total. The zero-order valence-electron chi connectivity index (χ0n) is 21.1. The Labute approximate surface area is 216 Å². The number of hydrogen-bond acceptors (Lipinski definition) is 3. The number of anilines is 1. The number of benzene rings is 3. The second-order valence-corrected chi connectivity index (χ2v) is 10.2. The number of nitrogens with zero attached hydrogens (tertiary/aromatic N) is 2. The second-order valence-electron chi connectivity index (χ2n) is 10.2. The fraction of sp³-hybridized carbons (Fsp3) is 0.367. The Balaban J connectivity index is 1.31. The standard InChI is InChI=1S/C30H33F2N2O3/c1-36-28-9-5-2-6-23(28)14-17-34-18-15-24(16-19-34)29(21-34)37-30(35)33(27-8-4-3-7-26(27)32)20-22-10-12-25(31)13-11-22/h2-13,24,29H,14-21H2,1H3/q+1. The molecule has 3 aromatic carbocycles. The summed E-state index contributed by atoms with van der Waals surface area (Å²) in [6, 6.07) is 20.1. The highest BCUT2D eigenvalue weighted by Crippen LogP contribution is 2.37. The van der Waals surface area contributed by atoms with Gasteiger partial charge in [0.05, 0.1) is 39.0 Å². The summed E-state index contributed by atoms with van der Waals surface area (Å²) in [5.74, 6) is 0.342. The highest BCUT2D eigenvalue weighted by Gasteiger charge is 2.47. The van der Waals surface area contributed by atoms with Crippen LogP contribution in [0.5, 0.6) is 5.75 Å². The van der Waals surface area contributed by atoms with E-state index in [0.29, 0.717) is 11.5 Å². The Morgan fingerprint density at radius 1 is 0.973 bits per heavy atom. The number of fused-ring (bicyclic) bond motifs is 3. The fourth-order valence-corrected chi connectivity index (χ4v) is 5.82. The molecule has 7 heteroatoms. The third-order valence-corrected chi connectivity index (χ3v) is 7.96. The molecule has 0 aliphatic carbocycles. The Kier molecular flexibility index (Phi) is 7.42. The van der Waals surface area contributed by atoms with Crippen LogP contribution in [0.4, 0.5) is 19.3 Å². The van der Waals surface area contributed by atoms with Crippen molar-refractivity contribution in [2.75, 3.05) is 38.2 Å². The number of carbonyl (C=O) groups excluding carboxylic acids is 1. The monoisotopic (exact) mass is 507 g/mol. The van der Waals surface area contributed by atoms with Crippen molar-refractivity contribution in [1.29, 1.82) is 0 Å². The van der Waals surface area contributed by atoms with E-state index in [2.05, 4.69) is 6.07 Å². The molecule has 3 aromatic rings. The Morgan fingerprint density at radius 2 is 1.68 bits per heavy atom. The van der Waals surface area contributed by atoms with Crippen molar-refractivity contribution < 1.29 is 27.5 Å². The summed E-state index contributed by atoms with van der Waals surface area (Å²) in [6.07, 6.45) is 2.09. The molecule has 1 atom stereocenters. The van der Waals surface area contributed by atoms with Crippen LogP contribution in [-0.4, -0.2) is 50.0 Å². The lowest BCUT2D eigenvalue weighted by Crippen LogP contribution is -2.65. The summed E-state index contributed by atoms with van der Waals surface area (Å²) >= 11 is 0. The van der Waals surface area contributed by atoms with E-state index in [9.17, 15) is 13.6 Å². The van der Waals surface area contributed by atoms with Gasteiger partial charge < -0.3 is 14.0 Å². The lowest BCUT2D eigenvalue weighted by molar-refractivity contribution is -0.945. The molecule has 3 aliphatic rings. The molecule has 3 aliphatic heterocycles. The Morgan fingerprint density at radius 3 is 2.41 bits per heavy atom. The molecular weight excluding hydrogens is 474 g/mol. The van der Waals surface area contributed by atoms with Crippen LogP contribution >= 0.6 is 0 Å². The Hall–Kier alpha value is -3.45. The number of halogens is 2. The number of para-hydroxylation sites is 2. The number of carbonyl (C=O) groups is 1. The van der Waals surface area contributed by atoms with E-state index >= 15 is 0 Å². The first kappa shape index (κ1) is 25.2. The quantitative estimate of drug-likeness (QED) is 0.353. The summed E-state index contributed by atoms with van der Waals surface area (Å²) in [4.78, 5) is 14.8. The molecule has 3 saturated heterocycles. The summed E-state index contributed by atoms with van der Waals surface area (Å²) in [5, 5.41) is 0. The van der Waals surface area contributed by atoms with Gasteiger partial charge >= 0.3 is 6.09 Å². The molecule has 37 heavy (non-hydrogen) atoms. The van der Waals surface area contributed by atoms with Crippen LogP contribution in [0.15, 0.2) is 72.8 Å². The molecule has 3 heterocycles. The predicted octanol–water partition coefficient (Wildman–Crippen LogP) is 5.97. The van der Waals surface area contributed by atoms with E-state index in [-0.39, 0.29) is 24.2 Å². The number of quaternary nitrogens is 1. The predicted molar refractivity (Wildman–Crippen MR) is 138 cm³/mol. The third kappa shape index (κ3) is 5.62. The van der Waals surface area contributed by atoms with Gasteiger partial charge in [-0.3, -0.25) is 4.90 Å². The van der Waals surface area contributed by atoms with E-state index in [0.717, 1.165) is 55.7 Å². The minimum absolute atomic E-state index is 0.0885. The molecule has 194 valence electrons. The molecule has 3 fully saturated rings. The van der Waals surface area contributed by atoms with Crippen molar-refractivity contribution in [2.45, 2.75) is 31.9 Å². The number of hydrogen-bond donors (Lipinski definition) is 0. The van der Waals surface area contributed by atoms with Crippen LogP contribution in [0.3, 0.4) is 0 Å². The molecule has 2 bridgehead atoms. The normalized spacial score (nSPS) is 22.5. The van der Waals surface area contributed by atoms with Crippen LogP contribution in [0.2, 0.25) is 0 Å². The van der Waals surface area contributed by atoms with Gasteiger partial charge in [-0.2, -0.15) is 0 Å². The van der Waals surface area contributed by atoms with Gasteiger partial charge in [0.2, 0.25) is 0 Å². The third-order valence-electron chi connectivity index (χ3n) is 7.96. The van der Waals surface area contributed by atoms with Crippen LogP contribution < -0.4 is 9.64 Å². The Bertz CT molecular complexity index is 1230. The van der Waals surface area contributed by atoms with Crippen molar-refractivity contribution in [3.63, 3.8) is 0 Å². The SMILES string of the molecule is COc1ccccc1CC[N+]12CCC(CC1)C(OC(=O)N(Cc1ccc(F)cc1)c1ccccc1F)C2. The van der Waals surface area contributed by atoms with E-state index in [1.54, 1.807) is 37.4 Å². The topological polar surface area (TPSA) is 38.8 Å². The zero-order valence-corrected chi connectivity index (χ0v) is 21.1. The molecular formula is C30H33F2N2O3+. The summed E-state index contributed by atoms with van der Waals surface area (Å²) in [6.45, 7) is 3.94. The largest absolute Gasteiger partial charge is 0.496 e. The minimum Gasteiger partial charge on any atom is -0.496 e. The van der Waals surface area contributed by atoms with Gasteiger partial charge in [0, 0.05) is 25.2 Å². The lowest BCUT2D eigenvalue weighted by Gasteiger charge is -2.52. The average Bonchev–Trinajstić information content (AvgIpc) is 2.93. The van der Waals surface area contributed by atoms with Crippen LogP contribution in [0, 0.1) is 17.6 Å². The first-order valence-corrected chi connectivity index (χ1v) is 12.9. The van der Waals surface area contributed by atoms with Crippen molar-refractivity contribution in [3.8, 4) is 5.75 Å². The highest BCUT2D eigenvalue weighted by atomic mass is 19.1. The number of ether oxygens (including phenoxy) is 2. The molecule has 0 aromatic heterocycles. The van der Waals surface area contributed by atoms with Gasteiger partial charge in [-0.15, -0.1) is 0 Å². The zero-order chi connectivity index (χ0) is 25.8. The van der Waals surface area contributed by atoms with Gasteiger partial charge in [0.15, 0.2) is 6.10 Å². The van der Waals surface area contributed by atoms with Crippen molar-refractivity contribution in [3.05, 3.63) is 95.6 Å². The maximum atomic E-state index is 14.8. The number of piperidine rings is 3. The number of rotatable bonds is 8. The van der Waals surface area contributed by atoms with E-state index in [1.165, 1.54) is 28.7 Å². The molecule has 0 spiro atoms. The minimum atomic E-state index is -0.573. The maximum Gasteiger partial charge on any atom is 0.415 e. The van der Waals surface area contributed by atoms with Gasteiger partial charge in [-0.25, -0.2) is 13.6 Å². The highest BCUT2D eigenvalue weighted by molar-refractivity contribution is 5.87. The first-order valence-electron chi connectivity index (χ1n) is 12.9. The molecule has 1 amide bonds. The second kappa shape index (κ2) is 10.9. The maximum absolute atomic E-state index is 14.8. The van der Waals surface area contributed by atoms with Gasteiger partial charge in [-0.1, -0.05) is 42.5 Å². The molecule has 5 nitrogen and oxygen atoms in total.